The predicted octanol–water partition coefficient (Wildman–Crippen LogP) is 2.00. The third-order valence-corrected chi connectivity index (χ3v) is 4.16. The Hall–Kier alpha value is -0.0800. The van der Waals surface area contributed by atoms with E-state index < -0.39 is 0 Å². The summed E-state index contributed by atoms with van der Waals surface area (Å²) < 4.78 is 0. The lowest BCUT2D eigenvalue weighted by Gasteiger charge is -2.34. The van der Waals surface area contributed by atoms with Crippen LogP contribution in [0.1, 0.15) is 46.0 Å². The van der Waals surface area contributed by atoms with Gasteiger partial charge in [-0.05, 0) is 39.3 Å². The highest BCUT2D eigenvalue weighted by atomic mass is 15.2. The van der Waals surface area contributed by atoms with Gasteiger partial charge in [0.25, 0.3) is 0 Å². The van der Waals surface area contributed by atoms with Crippen LogP contribution in [0.5, 0.6) is 0 Å². The van der Waals surface area contributed by atoms with Crippen molar-refractivity contribution < 1.29 is 0 Å². The van der Waals surface area contributed by atoms with Crippen molar-refractivity contribution in [2.24, 2.45) is 0 Å². The molecule has 0 radical (unpaired) electrons. The van der Waals surface area contributed by atoms with Gasteiger partial charge in [0.2, 0.25) is 0 Å². The predicted molar refractivity (Wildman–Crippen MR) is 60.5 cm³/mol. The second-order valence-corrected chi connectivity index (χ2v) is 5.12. The molecule has 1 heterocycles. The fourth-order valence-electron chi connectivity index (χ4n) is 3.14. The van der Waals surface area contributed by atoms with E-state index in [1.165, 1.54) is 51.7 Å². The molecule has 2 fully saturated rings. The summed E-state index contributed by atoms with van der Waals surface area (Å²) in [5, 5.41) is 3.81. The zero-order chi connectivity index (χ0) is 10.0. The van der Waals surface area contributed by atoms with Crippen molar-refractivity contribution in [3.63, 3.8) is 0 Å². The van der Waals surface area contributed by atoms with E-state index in [-0.39, 0.29) is 0 Å². The topological polar surface area (TPSA) is 15.3 Å². The summed E-state index contributed by atoms with van der Waals surface area (Å²) in [5.74, 6) is 0. The third-order valence-electron chi connectivity index (χ3n) is 4.16. The molecule has 82 valence electrons. The van der Waals surface area contributed by atoms with E-state index in [1.807, 2.05) is 0 Å². The maximum absolute atomic E-state index is 3.81. The van der Waals surface area contributed by atoms with E-state index in [0.717, 1.165) is 6.04 Å². The first-order chi connectivity index (χ1) is 6.76. The Morgan fingerprint density at radius 1 is 1.36 bits per heavy atom. The van der Waals surface area contributed by atoms with Gasteiger partial charge in [-0.15, -0.1) is 0 Å². The van der Waals surface area contributed by atoms with Gasteiger partial charge < -0.3 is 5.32 Å². The van der Waals surface area contributed by atoms with Gasteiger partial charge in [-0.2, -0.15) is 0 Å². The van der Waals surface area contributed by atoms with Gasteiger partial charge in [-0.3, -0.25) is 4.90 Å². The van der Waals surface area contributed by atoms with Crippen molar-refractivity contribution in [2.75, 3.05) is 19.6 Å². The molecule has 2 aliphatic rings. The monoisotopic (exact) mass is 196 g/mol. The van der Waals surface area contributed by atoms with Crippen LogP contribution < -0.4 is 5.32 Å². The molecule has 2 nitrogen and oxygen atoms in total. The van der Waals surface area contributed by atoms with E-state index in [4.69, 9.17) is 0 Å². The molecule has 2 heteroatoms. The van der Waals surface area contributed by atoms with E-state index in [2.05, 4.69) is 24.1 Å². The maximum atomic E-state index is 3.81. The average Bonchev–Trinajstić information content (AvgIpc) is 2.56. The smallest absolute Gasteiger partial charge is 0.0308 e. The Kier molecular flexibility index (Phi) is 3.13. The van der Waals surface area contributed by atoms with Crippen LogP contribution in [-0.2, 0) is 0 Å². The molecule has 1 atom stereocenters. The molecule has 1 saturated heterocycles. The molecule has 1 saturated carbocycles. The molecule has 0 aromatic carbocycles. The van der Waals surface area contributed by atoms with Crippen molar-refractivity contribution in [1.82, 2.24) is 10.2 Å². The highest BCUT2D eigenvalue weighted by Crippen LogP contribution is 2.32. The standard InChI is InChI=1S/C12H24N2/c1-3-14-10-12(7-4-5-8-12)13-9-6-11(14)2/h11,13H,3-10H2,1-2H3. The molecular weight excluding hydrogens is 172 g/mol. The first kappa shape index (κ1) is 10.4. The van der Waals surface area contributed by atoms with Crippen molar-refractivity contribution >= 4 is 0 Å². The summed E-state index contributed by atoms with van der Waals surface area (Å²) in [6.45, 7) is 8.39. The van der Waals surface area contributed by atoms with Gasteiger partial charge in [0.05, 0.1) is 0 Å². The van der Waals surface area contributed by atoms with Crippen LogP contribution in [0.2, 0.25) is 0 Å². The van der Waals surface area contributed by atoms with Crippen LogP contribution in [0.25, 0.3) is 0 Å². The van der Waals surface area contributed by atoms with Gasteiger partial charge in [-0.1, -0.05) is 19.8 Å². The number of hydrogen-bond acceptors (Lipinski definition) is 2. The minimum Gasteiger partial charge on any atom is -0.310 e. The van der Waals surface area contributed by atoms with Crippen LogP contribution in [-0.4, -0.2) is 36.1 Å². The van der Waals surface area contributed by atoms with Crippen molar-refractivity contribution in [2.45, 2.75) is 57.5 Å². The van der Waals surface area contributed by atoms with E-state index in [0.29, 0.717) is 5.54 Å². The number of rotatable bonds is 1. The zero-order valence-corrected chi connectivity index (χ0v) is 9.68. The SMILES string of the molecule is CCN1CC2(CCCC2)NCCC1C. The minimum atomic E-state index is 0.487. The lowest BCUT2D eigenvalue weighted by Crippen LogP contribution is -2.50. The van der Waals surface area contributed by atoms with Crippen LogP contribution in [0.15, 0.2) is 0 Å². The van der Waals surface area contributed by atoms with E-state index >= 15 is 0 Å². The number of nitrogens with one attached hydrogen (secondary N) is 1. The highest BCUT2D eigenvalue weighted by molar-refractivity contribution is 4.97. The quantitative estimate of drug-likeness (QED) is 0.690. The second kappa shape index (κ2) is 4.19. The van der Waals surface area contributed by atoms with Gasteiger partial charge in [0, 0.05) is 18.1 Å². The zero-order valence-electron chi connectivity index (χ0n) is 9.68. The minimum absolute atomic E-state index is 0.487. The highest BCUT2D eigenvalue weighted by Gasteiger charge is 2.37. The second-order valence-electron chi connectivity index (χ2n) is 5.12. The van der Waals surface area contributed by atoms with Crippen LogP contribution >= 0.6 is 0 Å². The molecule has 14 heavy (non-hydrogen) atoms. The molecule has 0 aromatic rings. The molecular formula is C12H24N2. The molecule has 0 amide bonds. The number of nitrogens with zero attached hydrogens (tertiary/aromatic N) is 1. The van der Waals surface area contributed by atoms with Crippen LogP contribution in [0, 0.1) is 0 Å². The Morgan fingerprint density at radius 2 is 2.07 bits per heavy atom. The summed E-state index contributed by atoms with van der Waals surface area (Å²) in [6, 6.07) is 0.771. The molecule has 1 spiro atoms. The summed E-state index contributed by atoms with van der Waals surface area (Å²) in [5.41, 5.74) is 0.487. The van der Waals surface area contributed by atoms with Crippen molar-refractivity contribution in [3.8, 4) is 0 Å². The lowest BCUT2D eigenvalue weighted by molar-refractivity contribution is 0.176. The fraction of sp³-hybridized carbons (Fsp3) is 1.00. The molecule has 1 aliphatic carbocycles. The van der Waals surface area contributed by atoms with Gasteiger partial charge >= 0.3 is 0 Å². The summed E-state index contributed by atoms with van der Waals surface area (Å²) in [4.78, 5) is 2.66. The van der Waals surface area contributed by atoms with Gasteiger partial charge in [-0.25, -0.2) is 0 Å². The van der Waals surface area contributed by atoms with Crippen molar-refractivity contribution in [3.05, 3.63) is 0 Å². The third kappa shape index (κ3) is 1.96. The van der Waals surface area contributed by atoms with Crippen LogP contribution in [0.4, 0.5) is 0 Å². The van der Waals surface area contributed by atoms with E-state index in [1.54, 1.807) is 0 Å². The maximum Gasteiger partial charge on any atom is 0.0308 e. The van der Waals surface area contributed by atoms with Crippen LogP contribution in [0.3, 0.4) is 0 Å². The largest absolute Gasteiger partial charge is 0.310 e. The summed E-state index contributed by atoms with van der Waals surface area (Å²) >= 11 is 0. The summed E-state index contributed by atoms with van der Waals surface area (Å²) in [6.07, 6.45) is 6.97. The Balaban J connectivity index is 2.05. The van der Waals surface area contributed by atoms with Gasteiger partial charge in [0.1, 0.15) is 0 Å². The van der Waals surface area contributed by atoms with Crippen molar-refractivity contribution in [1.29, 1.82) is 0 Å². The first-order valence-corrected chi connectivity index (χ1v) is 6.25. The molecule has 1 aliphatic heterocycles. The Labute approximate surface area is 88.1 Å². The Bertz CT molecular complexity index is 185. The van der Waals surface area contributed by atoms with Gasteiger partial charge in [0.15, 0.2) is 0 Å². The molecule has 0 aromatic heterocycles. The normalized spacial score (nSPS) is 33.4. The Morgan fingerprint density at radius 3 is 2.71 bits per heavy atom. The number of hydrogen-bond donors (Lipinski definition) is 1. The molecule has 2 rings (SSSR count). The fourth-order valence-corrected chi connectivity index (χ4v) is 3.14. The molecule has 0 bridgehead atoms. The van der Waals surface area contributed by atoms with E-state index in [9.17, 15) is 0 Å². The number of likely N-dealkylation sites (N-methyl/N-ethyl adjacent to an activating group) is 1. The molecule has 1 N–H and O–H groups in total. The first-order valence-electron chi connectivity index (χ1n) is 6.25. The average molecular weight is 196 g/mol. The lowest BCUT2D eigenvalue weighted by atomic mass is 9.97. The molecule has 1 unspecified atom stereocenters. The summed E-state index contributed by atoms with van der Waals surface area (Å²) in [7, 11) is 0.